The fourth-order valence-electron chi connectivity index (χ4n) is 0.936. The van der Waals surface area contributed by atoms with Gasteiger partial charge in [0.1, 0.15) is 6.61 Å². The Morgan fingerprint density at radius 2 is 1.94 bits per heavy atom. The fourth-order valence-corrected chi connectivity index (χ4v) is 1.29. The average molecular weight is 251 g/mol. The van der Waals surface area contributed by atoms with Gasteiger partial charge in [-0.05, 0) is 0 Å². The Morgan fingerprint density at radius 3 is 2.31 bits per heavy atom. The minimum Gasteiger partial charge on any atom is -0.506 e. The van der Waals surface area contributed by atoms with E-state index in [0.29, 0.717) is 0 Å². The van der Waals surface area contributed by atoms with Crippen LogP contribution in [0.3, 0.4) is 0 Å². The van der Waals surface area contributed by atoms with Crippen molar-refractivity contribution in [1.82, 2.24) is 0 Å². The summed E-state index contributed by atoms with van der Waals surface area (Å²) in [6.45, 7) is -0.438. The van der Waals surface area contributed by atoms with E-state index in [1.165, 1.54) is 14.2 Å². The zero-order chi connectivity index (χ0) is 12.6. The van der Waals surface area contributed by atoms with E-state index in [1.54, 1.807) is 6.26 Å². The zero-order valence-electron chi connectivity index (χ0n) is 9.52. The highest BCUT2D eigenvalue weighted by molar-refractivity contribution is 7.94. The Kier molecular flexibility index (Phi) is 7.61. The summed E-state index contributed by atoms with van der Waals surface area (Å²) >= 11 is 1.02. The van der Waals surface area contributed by atoms with Crippen LogP contribution in [0, 0.1) is 0 Å². The maximum absolute atomic E-state index is 9.62. The van der Waals surface area contributed by atoms with Gasteiger partial charge in [0.15, 0.2) is 5.76 Å². The third-order valence-corrected chi connectivity index (χ3v) is 1.92. The van der Waals surface area contributed by atoms with Gasteiger partial charge >= 0.3 is 0 Å². The van der Waals surface area contributed by atoms with Crippen molar-refractivity contribution in [2.45, 2.75) is 0 Å². The zero-order valence-corrected chi connectivity index (χ0v) is 10.3. The molecule has 0 fully saturated rings. The van der Waals surface area contributed by atoms with Gasteiger partial charge in [0.25, 0.3) is 0 Å². The molecule has 0 atom stereocenters. The van der Waals surface area contributed by atoms with Gasteiger partial charge in [-0.15, -0.1) is 0 Å². The summed E-state index contributed by atoms with van der Waals surface area (Å²) in [7, 11) is 2.78. The summed E-state index contributed by atoms with van der Waals surface area (Å²) in [4.78, 5) is 0. The topological polar surface area (TPSA) is 94.2 Å². The summed E-state index contributed by atoms with van der Waals surface area (Å²) in [6.07, 6.45) is 1.67. The average Bonchev–Trinajstić information content (AvgIpc) is 2.28. The molecule has 0 aliphatic rings. The van der Waals surface area contributed by atoms with Gasteiger partial charge in [-0.2, -0.15) is 0 Å². The van der Waals surface area contributed by atoms with Crippen LogP contribution < -0.4 is 5.73 Å². The van der Waals surface area contributed by atoms with Crippen molar-refractivity contribution >= 4 is 12.0 Å². The summed E-state index contributed by atoms with van der Waals surface area (Å²) in [6, 6.07) is 0. The van der Waals surface area contributed by atoms with Crippen molar-refractivity contribution in [1.29, 1.82) is 0 Å². The van der Waals surface area contributed by atoms with E-state index in [1.807, 2.05) is 0 Å². The Balaban J connectivity index is 5.22. The third-order valence-electron chi connectivity index (χ3n) is 1.58. The lowest BCUT2D eigenvalue weighted by Gasteiger charge is -2.14. The molecule has 0 saturated heterocycles. The van der Waals surface area contributed by atoms with Gasteiger partial charge in [0.2, 0.25) is 11.5 Å². The number of rotatable bonds is 7. The second-order valence-electron chi connectivity index (χ2n) is 2.68. The van der Waals surface area contributed by atoms with E-state index in [0.717, 1.165) is 12.0 Å². The highest BCUT2D eigenvalue weighted by atomic mass is 32.2. The molecule has 6 nitrogen and oxygen atoms in total. The summed E-state index contributed by atoms with van der Waals surface area (Å²) in [5.41, 5.74) is 5.60. The molecule has 0 bridgehead atoms. The van der Waals surface area contributed by atoms with E-state index in [4.69, 9.17) is 24.5 Å². The highest BCUT2D eigenvalue weighted by Gasteiger charge is 2.17. The molecular formula is C9H17NO5S. The highest BCUT2D eigenvalue weighted by Crippen LogP contribution is 2.22. The molecule has 0 unspecified atom stereocenters. The maximum atomic E-state index is 9.62. The van der Waals surface area contributed by atoms with E-state index in [2.05, 4.69) is 0 Å². The van der Waals surface area contributed by atoms with Crippen LogP contribution in [0.5, 0.6) is 0 Å². The van der Waals surface area contributed by atoms with Crippen molar-refractivity contribution in [3.8, 4) is 0 Å². The van der Waals surface area contributed by atoms with Crippen molar-refractivity contribution in [2.24, 2.45) is 5.73 Å². The molecule has 0 aliphatic carbocycles. The van der Waals surface area contributed by atoms with Crippen LogP contribution in [0.4, 0.5) is 0 Å². The van der Waals surface area contributed by atoms with Crippen LogP contribution in [0.15, 0.2) is 23.0 Å². The van der Waals surface area contributed by atoms with Gasteiger partial charge in [0.05, 0.1) is 31.5 Å². The quantitative estimate of drug-likeness (QED) is 0.344. The molecule has 0 spiro atoms. The molecule has 0 aromatic rings. The molecule has 0 heterocycles. The smallest absolute Gasteiger partial charge is 0.204 e. The monoisotopic (exact) mass is 251 g/mol. The second-order valence-corrected chi connectivity index (χ2v) is 3.18. The van der Waals surface area contributed by atoms with E-state index in [-0.39, 0.29) is 29.6 Å². The van der Waals surface area contributed by atoms with Crippen LogP contribution in [0.25, 0.3) is 0 Å². The van der Waals surface area contributed by atoms with E-state index in [9.17, 15) is 5.11 Å². The van der Waals surface area contributed by atoms with Gasteiger partial charge in [-0.1, -0.05) is 0 Å². The first-order valence-corrected chi connectivity index (χ1v) is 5.52. The van der Waals surface area contributed by atoms with Crippen molar-refractivity contribution < 1.29 is 23.9 Å². The van der Waals surface area contributed by atoms with E-state index >= 15 is 0 Å². The predicted octanol–water partition coefficient (Wildman–Crippen LogP) is 0.506. The molecule has 4 N–H and O–H groups in total. The lowest BCUT2D eigenvalue weighted by Crippen LogP contribution is -2.13. The lowest BCUT2D eigenvalue weighted by atomic mass is 10.3. The number of nitrogens with two attached hydrogens (primary N) is 1. The molecule has 0 amide bonds. The molecule has 0 aliphatic heterocycles. The first-order chi connectivity index (χ1) is 7.62. The normalized spacial score (nSPS) is 14.0. The molecule has 0 aromatic heterocycles. The Labute approximate surface area is 98.9 Å². The largest absolute Gasteiger partial charge is 0.506 e. The summed E-state index contributed by atoms with van der Waals surface area (Å²) < 4.78 is 14.8. The van der Waals surface area contributed by atoms with Gasteiger partial charge < -0.3 is 29.6 Å². The van der Waals surface area contributed by atoms with E-state index < -0.39 is 6.61 Å². The second kappa shape index (κ2) is 8.14. The first-order valence-electron chi connectivity index (χ1n) is 4.37. The van der Waals surface area contributed by atoms with Gasteiger partial charge in [0, 0.05) is 13.4 Å². The molecule has 0 aromatic carbocycles. The molecule has 0 saturated carbocycles. The Morgan fingerprint density at radius 1 is 1.31 bits per heavy atom. The lowest BCUT2D eigenvalue weighted by molar-refractivity contribution is 0.158. The molecule has 7 heteroatoms. The molecule has 0 radical (unpaired) electrons. The van der Waals surface area contributed by atoms with Crippen molar-refractivity contribution in [2.75, 3.05) is 33.7 Å². The standard InChI is InChI=1S/C9H17NO5S/c1-13-5-7(12)9(14-2)8(15-16-3)6(10)4-11/h11-12H,4-5,10H2,1-3H3/b8-6-,9-7-. The predicted molar refractivity (Wildman–Crippen MR) is 61.4 cm³/mol. The summed E-state index contributed by atoms with van der Waals surface area (Å²) in [5.74, 6) is -0.0275. The van der Waals surface area contributed by atoms with Gasteiger partial charge in [-0.25, -0.2) is 0 Å². The first kappa shape index (κ1) is 14.9. The fraction of sp³-hybridized carbons (Fsp3) is 0.556. The minimum absolute atomic E-state index is 0.0386. The van der Waals surface area contributed by atoms with Crippen LogP contribution >= 0.6 is 12.0 Å². The molecule has 94 valence electrons. The molecule has 0 rings (SSSR count). The SMILES string of the molecule is COC/C(O)=C(OC)\C(OSC)=C(\N)CO. The van der Waals surface area contributed by atoms with Crippen LogP contribution in [0.1, 0.15) is 0 Å². The molecular weight excluding hydrogens is 234 g/mol. The van der Waals surface area contributed by atoms with Gasteiger partial charge in [-0.3, -0.25) is 0 Å². The summed E-state index contributed by atoms with van der Waals surface area (Å²) in [5, 5.41) is 18.5. The van der Waals surface area contributed by atoms with Crippen LogP contribution in [-0.2, 0) is 13.7 Å². The number of ether oxygens (including phenoxy) is 2. The van der Waals surface area contributed by atoms with Crippen LogP contribution in [-0.4, -0.2) is 43.9 Å². The number of hydrogen-bond donors (Lipinski definition) is 3. The number of aliphatic hydroxyl groups is 2. The third kappa shape index (κ3) is 4.21. The number of hydrogen-bond acceptors (Lipinski definition) is 7. The minimum atomic E-state index is -0.400. The Bertz CT molecular complexity index is 277. The van der Waals surface area contributed by atoms with Crippen molar-refractivity contribution in [3.05, 3.63) is 23.0 Å². The van der Waals surface area contributed by atoms with Crippen LogP contribution in [0.2, 0.25) is 0 Å². The molecule has 16 heavy (non-hydrogen) atoms. The van der Waals surface area contributed by atoms with Crippen molar-refractivity contribution in [3.63, 3.8) is 0 Å². The number of methoxy groups -OCH3 is 2. The Hall–Kier alpha value is -1.05. The number of aliphatic hydroxyl groups excluding tert-OH is 2. The maximum Gasteiger partial charge on any atom is 0.204 e.